The van der Waals surface area contributed by atoms with Gasteiger partial charge in [0.15, 0.2) is 11.5 Å². The molecule has 0 radical (unpaired) electrons. The van der Waals surface area contributed by atoms with Crippen LogP contribution in [0.4, 0.5) is 0 Å². The zero-order chi connectivity index (χ0) is 15.9. The van der Waals surface area contributed by atoms with Crippen molar-refractivity contribution in [2.24, 2.45) is 5.92 Å². The predicted molar refractivity (Wildman–Crippen MR) is 88.7 cm³/mol. The highest BCUT2D eigenvalue weighted by Gasteiger charge is 2.27. The Hall–Kier alpha value is -1.26. The second-order valence-electron chi connectivity index (χ2n) is 5.86. The number of piperidine rings is 1. The zero-order valence-corrected chi connectivity index (χ0v) is 14.0. The molecule has 2 rings (SSSR count). The van der Waals surface area contributed by atoms with Crippen molar-refractivity contribution >= 4 is 0 Å². The molecule has 0 aliphatic carbocycles. The molecule has 2 atom stereocenters. The van der Waals surface area contributed by atoms with Gasteiger partial charge < -0.3 is 19.5 Å². The van der Waals surface area contributed by atoms with E-state index >= 15 is 0 Å². The Bertz CT molecular complexity index is 464. The number of rotatable bonds is 7. The lowest BCUT2D eigenvalue weighted by molar-refractivity contribution is 0.0290. The van der Waals surface area contributed by atoms with Gasteiger partial charge >= 0.3 is 0 Å². The monoisotopic (exact) mass is 307 g/mol. The molecular weight excluding hydrogens is 278 g/mol. The van der Waals surface area contributed by atoms with E-state index in [1.165, 1.54) is 5.56 Å². The summed E-state index contributed by atoms with van der Waals surface area (Å²) in [7, 11) is 0. The van der Waals surface area contributed by atoms with Crippen LogP contribution in [-0.2, 0) is 6.42 Å². The van der Waals surface area contributed by atoms with Gasteiger partial charge in [-0.3, -0.25) is 0 Å². The maximum absolute atomic E-state index is 10.3. The molecule has 1 aliphatic heterocycles. The molecule has 0 saturated carbocycles. The molecule has 0 bridgehead atoms. The normalized spacial score (nSPS) is 22.5. The first-order valence-electron chi connectivity index (χ1n) is 8.46. The number of benzene rings is 1. The third-order valence-electron chi connectivity index (χ3n) is 4.33. The van der Waals surface area contributed by atoms with Crippen LogP contribution in [0.25, 0.3) is 0 Å². The fourth-order valence-corrected chi connectivity index (χ4v) is 3.11. The van der Waals surface area contributed by atoms with Crippen LogP contribution >= 0.6 is 0 Å². The minimum atomic E-state index is -0.204. The van der Waals surface area contributed by atoms with Crippen LogP contribution < -0.4 is 9.47 Å². The summed E-state index contributed by atoms with van der Waals surface area (Å²) in [5, 5.41) is 10.3. The van der Waals surface area contributed by atoms with Gasteiger partial charge in [0.2, 0.25) is 0 Å². The van der Waals surface area contributed by atoms with Gasteiger partial charge in [-0.25, -0.2) is 0 Å². The van der Waals surface area contributed by atoms with Gasteiger partial charge in [-0.1, -0.05) is 13.0 Å². The highest BCUT2D eigenvalue weighted by Crippen LogP contribution is 2.30. The minimum absolute atomic E-state index is 0.204. The molecule has 1 aromatic rings. The average Bonchev–Trinajstić information content (AvgIpc) is 2.52. The number of hydrogen-bond donors (Lipinski definition) is 1. The van der Waals surface area contributed by atoms with Crippen molar-refractivity contribution in [2.45, 2.75) is 39.7 Å². The van der Waals surface area contributed by atoms with Crippen LogP contribution in [0.3, 0.4) is 0 Å². The Labute approximate surface area is 134 Å². The molecule has 1 fully saturated rings. The van der Waals surface area contributed by atoms with Crippen molar-refractivity contribution in [3.05, 3.63) is 23.8 Å². The van der Waals surface area contributed by atoms with E-state index in [9.17, 15) is 5.11 Å². The SMILES string of the molecule is CCOc1ccc(CC2CN(CC)CCC2O)cc1OCC. The third kappa shape index (κ3) is 4.37. The Morgan fingerprint density at radius 3 is 2.55 bits per heavy atom. The van der Waals surface area contributed by atoms with Gasteiger partial charge in [-0.15, -0.1) is 0 Å². The maximum atomic E-state index is 10.3. The smallest absolute Gasteiger partial charge is 0.161 e. The van der Waals surface area contributed by atoms with Crippen LogP contribution in [0.5, 0.6) is 11.5 Å². The quantitative estimate of drug-likeness (QED) is 0.841. The van der Waals surface area contributed by atoms with Gasteiger partial charge in [-0.2, -0.15) is 0 Å². The van der Waals surface area contributed by atoms with Crippen molar-refractivity contribution in [1.29, 1.82) is 0 Å². The molecule has 0 spiro atoms. The predicted octanol–water partition coefficient (Wildman–Crippen LogP) is 2.73. The molecular formula is C18H29NO3. The molecule has 0 amide bonds. The number of hydrogen-bond acceptors (Lipinski definition) is 4. The van der Waals surface area contributed by atoms with Crippen LogP contribution in [0.15, 0.2) is 18.2 Å². The van der Waals surface area contributed by atoms with E-state index in [2.05, 4.69) is 24.0 Å². The summed E-state index contributed by atoms with van der Waals surface area (Å²) in [6.45, 7) is 10.4. The highest BCUT2D eigenvalue weighted by molar-refractivity contribution is 5.43. The van der Waals surface area contributed by atoms with E-state index in [0.717, 1.165) is 44.0 Å². The van der Waals surface area contributed by atoms with E-state index < -0.39 is 0 Å². The molecule has 1 heterocycles. The van der Waals surface area contributed by atoms with Gasteiger partial charge in [0.25, 0.3) is 0 Å². The Balaban J connectivity index is 2.09. The maximum Gasteiger partial charge on any atom is 0.161 e. The van der Waals surface area contributed by atoms with E-state index in [1.54, 1.807) is 0 Å². The second-order valence-corrected chi connectivity index (χ2v) is 5.86. The molecule has 124 valence electrons. The van der Waals surface area contributed by atoms with Crippen molar-refractivity contribution in [3.8, 4) is 11.5 Å². The number of nitrogens with zero attached hydrogens (tertiary/aromatic N) is 1. The van der Waals surface area contributed by atoms with E-state index in [4.69, 9.17) is 9.47 Å². The van der Waals surface area contributed by atoms with Crippen molar-refractivity contribution in [2.75, 3.05) is 32.8 Å². The zero-order valence-electron chi connectivity index (χ0n) is 14.0. The molecule has 2 unspecified atom stereocenters. The summed E-state index contributed by atoms with van der Waals surface area (Å²) in [5.41, 5.74) is 1.20. The van der Waals surface area contributed by atoms with Crippen LogP contribution in [0.2, 0.25) is 0 Å². The fraction of sp³-hybridized carbons (Fsp3) is 0.667. The summed E-state index contributed by atoms with van der Waals surface area (Å²) < 4.78 is 11.3. The van der Waals surface area contributed by atoms with E-state index in [-0.39, 0.29) is 6.10 Å². The molecule has 1 aromatic carbocycles. The Kier molecular flexibility index (Phi) is 6.52. The fourth-order valence-electron chi connectivity index (χ4n) is 3.11. The van der Waals surface area contributed by atoms with Gasteiger partial charge in [0.1, 0.15) is 0 Å². The molecule has 4 nitrogen and oxygen atoms in total. The summed E-state index contributed by atoms with van der Waals surface area (Å²) >= 11 is 0. The first-order valence-corrected chi connectivity index (χ1v) is 8.46. The van der Waals surface area contributed by atoms with Crippen LogP contribution in [0.1, 0.15) is 32.8 Å². The standard InChI is InChI=1S/C18H29NO3/c1-4-19-10-9-16(20)15(13-19)11-14-7-8-17(21-5-2)18(12-14)22-6-3/h7-8,12,15-16,20H,4-6,9-11,13H2,1-3H3. The molecule has 1 aliphatic rings. The van der Waals surface area contributed by atoms with Gasteiger partial charge in [0, 0.05) is 19.0 Å². The summed E-state index contributed by atoms with van der Waals surface area (Å²) in [4.78, 5) is 2.41. The third-order valence-corrected chi connectivity index (χ3v) is 4.33. The van der Waals surface area contributed by atoms with Crippen molar-refractivity contribution in [3.63, 3.8) is 0 Å². The number of likely N-dealkylation sites (tertiary alicyclic amines) is 1. The summed E-state index contributed by atoms with van der Waals surface area (Å²) in [6.07, 6.45) is 1.54. The van der Waals surface area contributed by atoms with Gasteiger partial charge in [-0.05, 0) is 50.9 Å². The van der Waals surface area contributed by atoms with E-state index in [0.29, 0.717) is 19.1 Å². The number of aliphatic hydroxyl groups is 1. The Morgan fingerprint density at radius 2 is 1.86 bits per heavy atom. The van der Waals surface area contributed by atoms with Crippen LogP contribution in [0, 0.1) is 5.92 Å². The largest absolute Gasteiger partial charge is 0.490 e. The lowest BCUT2D eigenvalue weighted by Crippen LogP contribution is -2.43. The molecule has 1 saturated heterocycles. The molecule has 22 heavy (non-hydrogen) atoms. The first-order chi connectivity index (χ1) is 10.7. The van der Waals surface area contributed by atoms with E-state index in [1.807, 2.05) is 19.9 Å². The highest BCUT2D eigenvalue weighted by atomic mass is 16.5. The Morgan fingerprint density at radius 1 is 1.14 bits per heavy atom. The second kappa shape index (κ2) is 8.39. The van der Waals surface area contributed by atoms with Crippen LogP contribution in [-0.4, -0.2) is 49.0 Å². The average molecular weight is 307 g/mol. The minimum Gasteiger partial charge on any atom is -0.490 e. The lowest BCUT2D eigenvalue weighted by atomic mass is 9.88. The number of ether oxygens (including phenoxy) is 2. The van der Waals surface area contributed by atoms with Crippen molar-refractivity contribution in [1.82, 2.24) is 4.90 Å². The topological polar surface area (TPSA) is 41.9 Å². The molecule has 1 N–H and O–H groups in total. The molecule has 0 aromatic heterocycles. The van der Waals surface area contributed by atoms with Crippen molar-refractivity contribution < 1.29 is 14.6 Å². The summed E-state index contributed by atoms with van der Waals surface area (Å²) in [6, 6.07) is 6.13. The summed E-state index contributed by atoms with van der Waals surface area (Å²) in [5.74, 6) is 1.90. The lowest BCUT2D eigenvalue weighted by Gasteiger charge is -2.35. The number of aliphatic hydroxyl groups excluding tert-OH is 1. The first kappa shape index (κ1) is 17.1. The molecule has 4 heteroatoms. The van der Waals surface area contributed by atoms with Gasteiger partial charge in [0.05, 0.1) is 19.3 Å².